The predicted molar refractivity (Wildman–Crippen MR) is 86.1 cm³/mol. The van der Waals surface area contributed by atoms with Gasteiger partial charge in [0, 0.05) is 18.0 Å². The van der Waals surface area contributed by atoms with Crippen LogP contribution in [0.15, 0.2) is 4.52 Å². The third kappa shape index (κ3) is 3.46. The predicted octanol–water partition coefficient (Wildman–Crippen LogP) is 2.58. The Bertz CT molecular complexity index is 482. The van der Waals surface area contributed by atoms with Gasteiger partial charge in [-0.1, -0.05) is 5.16 Å². The lowest BCUT2D eigenvalue weighted by Crippen LogP contribution is -2.40. The van der Waals surface area contributed by atoms with E-state index in [0.29, 0.717) is 17.7 Å². The summed E-state index contributed by atoms with van der Waals surface area (Å²) in [6, 6.07) is 0.519. The molecule has 0 spiro atoms. The number of nitrogens with two attached hydrogens (primary N) is 1. The lowest BCUT2D eigenvalue weighted by molar-refractivity contribution is 0.0916. The highest BCUT2D eigenvalue weighted by Crippen LogP contribution is 2.42. The van der Waals surface area contributed by atoms with Crippen molar-refractivity contribution >= 4 is 40.9 Å². The van der Waals surface area contributed by atoms with E-state index >= 15 is 0 Å². The van der Waals surface area contributed by atoms with Crippen LogP contribution in [0.1, 0.15) is 60.7 Å². The van der Waals surface area contributed by atoms with Crippen LogP contribution in [0.5, 0.6) is 0 Å². The molecule has 0 aromatic carbocycles. The van der Waals surface area contributed by atoms with Crippen molar-refractivity contribution < 1.29 is 9.32 Å². The molecule has 7 heteroatoms. The van der Waals surface area contributed by atoms with Crippen LogP contribution in [0.3, 0.4) is 0 Å². The van der Waals surface area contributed by atoms with Gasteiger partial charge in [0.05, 0.1) is 3.57 Å². The summed E-state index contributed by atoms with van der Waals surface area (Å²) in [6.45, 7) is 0. The molecule has 0 bridgehead atoms. The SMILES string of the molecule is Cl.NC1CCC(NC(=O)c2noc(C3CC3)c2I)CC1. The molecule has 1 aromatic heterocycles. The summed E-state index contributed by atoms with van der Waals surface area (Å²) in [4.78, 5) is 12.2. The Morgan fingerprint density at radius 2 is 1.90 bits per heavy atom. The maximum absolute atomic E-state index is 12.2. The van der Waals surface area contributed by atoms with Crippen molar-refractivity contribution in [1.82, 2.24) is 10.5 Å². The van der Waals surface area contributed by atoms with Crippen molar-refractivity contribution in [2.24, 2.45) is 5.73 Å². The molecule has 2 aliphatic carbocycles. The number of hydrogen-bond donors (Lipinski definition) is 2. The van der Waals surface area contributed by atoms with Crippen molar-refractivity contribution in [2.45, 2.75) is 56.5 Å². The zero-order chi connectivity index (χ0) is 13.4. The van der Waals surface area contributed by atoms with E-state index in [4.69, 9.17) is 10.3 Å². The van der Waals surface area contributed by atoms with Gasteiger partial charge in [-0.2, -0.15) is 0 Å². The monoisotopic (exact) mass is 411 g/mol. The van der Waals surface area contributed by atoms with Crippen LogP contribution in [0, 0.1) is 3.57 Å². The molecule has 3 N–H and O–H groups in total. The normalized spacial score (nSPS) is 25.9. The van der Waals surface area contributed by atoms with Gasteiger partial charge < -0.3 is 15.6 Å². The highest BCUT2D eigenvalue weighted by molar-refractivity contribution is 14.1. The average molecular weight is 412 g/mol. The number of halogens is 2. The fraction of sp³-hybridized carbons (Fsp3) is 0.692. The minimum atomic E-state index is -0.111. The van der Waals surface area contributed by atoms with E-state index in [1.807, 2.05) is 0 Å². The third-order valence-electron chi connectivity index (χ3n) is 3.93. The maximum Gasteiger partial charge on any atom is 0.274 e. The minimum Gasteiger partial charge on any atom is -0.359 e. The van der Waals surface area contributed by atoms with Gasteiger partial charge >= 0.3 is 0 Å². The third-order valence-corrected chi connectivity index (χ3v) is 4.97. The first kappa shape index (κ1) is 16.0. The molecule has 5 nitrogen and oxygen atoms in total. The molecule has 0 unspecified atom stereocenters. The van der Waals surface area contributed by atoms with Crippen molar-refractivity contribution in [3.05, 3.63) is 15.0 Å². The number of nitrogens with one attached hydrogen (secondary N) is 1. The van der Waals surface area contributed by atoms with E-state index in [0.717, 1.165) is 47.9 Å². The summed E-state index contributed by atoms with van der Waals surface area (Å²) in [5, 5.41) is 6.99. The molecule has 112 valence electrons. The first-order chi connectivity index (χ1) is 9.15. The zero-order valence-electron chi connectivity index (χ0n) is 11.1. The van der Waals surface area contributed by atoms with E-state index in [9.17, 15) is 4.79 Å². The first-order valence-corrected chi connectivity index (χ1v) is 7.94. The Labute approximate surface area is 138 Å². The van der Waals surface area contributed by atoms with Gasteiger partial charge in [-0.3, -0.25) is 4.79 Å². The van der Waals surface area contributed by atoms with Crippen LogP contribution < -0.4 is 11.1 Å². The second kappa shape index (κ2) is 6.62. The van der Waals surface area contributed by atoms with Gasteiger partial charge in [0.25, 0.3) is 5.91 Å². The Kier molecular flexibility index (Phi) is 5.30. The standard InChI is InChI=1S/C13H18IN3O2.ClH/c14-10-11(17-19-12(10)7-1-2-7)13(18)16-9-5-3-8(15)4-6-9;/h7-9H,1-6,15H2,(H,16,18);1H. The number of nitrogens with zero attached hydrogens (tertiary/aromatic N) is 1. The van der Waals surface area contributed by atoms with E-state index in [1.165, 1.54) is 0 Å². The van der Waals surface area contributed by atoms with E-state index in [2.05, 4.69) is 33.1 Å². The van der Waals surface area contributed by atoms with Crippen molar-refractivity contribution in [3.63, 3.8) is 0 Å². The summed E-state index contributed by atoms with van der Waals surface area (Å²) in [7, 11) is 0. The lowest BCUT2D eigenvalue weighted by atomic mass is 9.92. The lowest BCUT2D eigenvalue weighted by Gasteiger charge is -2.26. The number of carbonyl (C=O) groups is 1. The molecule has 20 heavy (non-hydrogen) atoms. The van der Waals surface area contributed by atoms with Crippen LogP contribution >= 0.6 is 35.0 Å². The van der Waals surface area contributed by atoms with Gasteiger partial charge in [0.1, 0.15) is 0 Å². The van der Waals surface area contributed by atoms with Gasteiger partial charge in [0.15, 0.2) is 11.5 Å². The van der Waals surface area contributed by atoms with Gasteiger partial charge in [-0.25, -0.2) is 0 Å². The number of rotatable bonds is 3. The van der Waals surface area contributed by atoms with Crippen LogP contribution in [0.25, 0.3) is 0 Å². The van der Waals surface area contributed by atoms with E-state index in [-0.39, 0.29) is 24.4 Å². The Morgan fingerprint density at radius 1 is 1.25 bits per heavy atom. The van der Waals surface area contributed by atoms with Gasteiger partial charge in [0.2, 0.25) is 0 Å². The molecule has 3 rings (SSSR count). The quantitative estimate of drug-likeness (QED) is 0.749. The highest BCUT2D eigenvalue weighted by Gasteiger charge is 2.33. The molecule has 2 aliphatic rings. The molecule has 1 heterocycles. The van der Waals surface area contributed by atoms with Crippen LogP contribution in [0.4, 0.5) is 0 Å². The molecular formula is C13H19ClIN3O2. The Morgan fingerprint density at radius 3 is 2.50 bits per heavy atom. The number of amides is 1. The van der Waals surface area contributed by atoms with Crippen molar-refractivity contribution in [1.29, 1.82) is 0 Å². The van der Waals surface area contributed by atoms with Crippen molar-refractivity contribution in [3.8, 4) is 0 Å². The Hall–Kier alpha value is -0.340. The van der Waals surface area contributed by atoms with E-state index < -0.39 is 0 Å². The molecule has 0 atom stereocenters. The average Bonchev–Trinajstić information content (AvgIpc) is 3.15. The zero-order valence-corrected chi connectivity index (χ0v) is 14.1. The summed E-state index contributed by atoms with van der Waals surface area (Å²) in [5.74, 6) is 1.26. The van der Waals surface area contributed by atoms with Crippen molar-refractivity contribution in [2.75, 3.05) is 0 Å². The molecule has 0 radical (unpaired) electrons. The number of carbonyl (C=O) groups excluding carboxylic acids is 1. The van der Waals surface area contributed by atoms with Crippen LogP contribution in [-0.4, -0.2) is 23.1 Å². The summed E-state index contributed by atoms with van der Waals surface area (Å²) >= 11 is 2.17. The Balaban J connectivity index is 0.00000147. The fourth-order valence-corrected chi connectivity index (χ4v) is 3.43. The molecule has 2 saturated carbocycles. The maximum atomic E-state index is 12.2. The second-order valence-electron chi connectivity index (χ2n) is 5.57. The van der Waals surface area contributed by atoms with Crippen LogP contribution in [0.2, 0.25) is 0 Å². The molecule has 1 amide bonds. The summed E-state index contributed by atoms with van der Waals surface area (Å²) < 4.78 is 6.19. The van der Waals surface area contributed by atoms with Gasteiger partial charge in [-0.05, 0) is 61.1 Å². The van der Waals surface area contributed by atoms with Gasteiger partial charge in [-0.15, -0.1) is 12.4 Å². The fourth-order valence-electron chi connectivity index (χ4n) is 2.55. The number of hydrogen-bond acceptors (Lipinski definition) is 4. The molecular weight excluding hydrogens is 393 g/mol. The highest BCUT2D eigenvalue weighted by atomic mass is 127. The van der Waals surface area contributed by atoms with Crippen LogP contribution in [-0.2, 0) is 0 Å². The topological polar surface area (TPSA) is 81.1 Å². The molecule has 1 aromatic rings. The minimum absolute atomic E-state index is 0. The second-order valence-corrected chi connectivity index (χ2v) is 6.65. The smallest absolute Gasteiger partial charge is 0.274 e. The van der Waals surface area contributed by atoms with E-state index in [1.54, 1.807) is 0 Å². The summed E-state index contributed by atoms with van der Waals surface area (Å²) in [6.07, 6.45) is 6.16. The summed E-state index contributed by atoms with van der Waals surface area (Å²) in [5.41, 5.74) is 6.31. The largest absolute Gasteiger partial charge is 0.359 e. The molecule has 2 fully saturated rings. The first-order valence-electron chi connectivity index (χ1n) is 6.86. The molecule has 0 saturated heterocycles. The molecule has 0 aliphatic heterocycles. The number of aromatic nitrogens is 1.